The summed E-state index contributed by atoms with van der Waals surface area (Å²) in [7, 11) is 0. The molecule has 0 fully saturated rings. The molecule has 0 aliphatic rings. The lowest BCUT2D eigenvalue weighted by atomic mass is 9.72. The summed E-state index contributed by atoms with van der Waals surface area (Å²) in [6.07, 6.45) is -1.07. The van der Waals surface area contributed by atoms with E-state index in [4.69, 9.17) is 9.47 Å². The molecule has 204 valence electrons. The number of carbonyl (C=O) groups excluding carboxylic acids is 3. The third kappa shape index (κ3) is 10.3. The molecule has 0 aromatic carbocycles. The van der Waals surface area contributed by atoms with Gasteiger partial charge in [-0.05, 0) is 77.9 Å². The van der Waals surface area contributed by atoms with E-state index in [0.717, 1.165) is 6.42 Å². The maximum Gasteiger partial charge on any atom is 0.407 e. The average Bonchev–Trinajstić information content (AvgIpc) is 2.73. The third-order valence-electron chi connectivity index (χ3n) is 7.07. The highest BCUT2D eigenvalue weighted by Crippen LogP contribution is 2.33. The Labute approximate surface area is 213 Å². The third-order valence-corrected chi connectivity index (χ3v) is 7.07. The van der Waals surface area contributed by atoms with Crippen LogP contribution in [0.1, 0.15) is 103 Å². The predicted molar refractivity (Wildman–Crippen MR) is 140 cm³/mol. The summed E-state index contributed by atoms with van der Waals surface area (Å²) in [4.78, 5) is 38.3. The lowest BCUT2D eigenvalue weighted by Gasteiger charge is -2.32. The Morgan fingerprint density at radius 3 is 1.86 bits per heavy atom. The second kappa shape index (κ2) is 13.4. The van der Waals surface area contributed by atoms with Crippen molar-refractivity contribution < 1.29 is 29.0 Å². The van der Waals surface area contributed by atoms with E-state index in [0.29, 0.717) is 17.6 Å². The molecule has 1 amide bonds. The summed E-state index contributed by atoms with van der Waals surface area (Å²) in [5, 5.41) is 13.6. The fraction of sp³-hybridized carbons (Fsp3) is 0.821. The molecule has 0 aliphatic heterocycles. The highest BCUT2D eigenvalue weighted by Gasteiger charge is 2.38. The van der Waals surface area contributed by atoms with Gasteiger partial charge in [0.05, 0.1) is 5.92 Å². The maximum absolute atomic E-state index is 13.0. The zero-order chi connectivity index (χ0) is 27.9. The Bertz CT molecular complexity index is 762. The minimum atomic E-state index is -1.26. The molecule has 2 N–H and O–H groups in total. The van der Waals surface area contributed by atoms with E-state index in [1.165, 1.54) is 0 Å². The summed E-state index contributed by atoms with van der Waals surface area (Å²) in [5.74, 6) is -0.969. The second-order valence-corrected chi connectivity index (χ2v) is 11.9. The second-order valence-electron chi connectivity index (χ2n) is 11.9. The Morgan fingerprint density at radius 1 is 0.914 bits per heavy atom. The first-order valence-electron chi connectivity index (χ1n) is 12.9. The van der Waals surface area contributed by atoms with Crippen LogP contribution in [0.15, 0.2) is 11.1 Å². The molecule has 0 bridgehead atoms. The Balaban J connectivity index is 5.54. The van der Waals surface area contributed by atoms with Crippen LogP contribution >= 0.6 is 0 Å². The smallest absolute Gasteiger partial charge is 0.407 e. The zero-order valence-corrected chi connectivity index (χ0v) is 24.4. The number of aliphatic hydroxyl groups is 1. The predicted octanol–water partition coefficient (Wildman–Crippen LogP) is 5.83. The van der Waals surface area contributed by atoms with Gasteiger partial charge in [0, 0.05) is 11.5 Å². The van der Waals surface area contributed by atoms with Crippen molar-refractivity contribution in [3.8, 4) is 0 Å². The summed E-state index contributed by atoms with van der Waals surface area (Å²) < 4.78 is 11.1. The van der Waals surface area contributed by atoms with Crippen LogP contribution in [-0.4, -0.2) is 46.8 Å². The monoisotopic (exact) mass is 497 g/mol. The summed E-state index contributed by atoms with van der Waals surface area (Å²) >= 11 is 0. The normalized spacial score (nSPS) is 17.6. The number of carbonyl (C=O) groups is 3. The maximum atomic E-state index is 13.0. The van der Waals surface area contributed by atoms with E-state index in [9.17, 15) is 19.5 Å². The highest BCUT2D eigenvalue weighted by molar-refractivity contribution is 5.90. The number of ether oxygens (including phenoxy) is 2. The summed E-state index contributed by atoms with van der Waals surface area (Å²) in [5.41, 5.74) is -0.204. The zero-order valence-electron chi connectivity index (χ0n) is 24.4. The molecule has 7 nitrogen and oxygen atoms in total. The van der Waals surface area contributed by atoms with Crippen molar-refractivity contribution in [1.82, 2.24) is 5.32 Å². The van der Waals surface area contributed by atoms with Gasteiger partial charge in [-0.25, -0.2) is 4.79 Å². The first-order valence-corrected chi connectivity index (χ1v) is 12.9. The minimum Gasteiger partial charge on any atom is -0.458 e. The molecule has 0 spiro atoms. The molecule has 0 heterocycles. The van der Waals surface area contributed by atoms with E-state index in [1.807, 2.05) is 41.5 Å². The number of hydrogen-bond donors (Lipinski definition) is 2. The number of amides is 1. The molecule has 35 heavy (non-hydrogen) atoms. The lowest BCUT2D eigenvalue weighted by molar-refractivity contribution is -0.152. The molecule has 7 heteroatoms. The van der Waals surface area contributed by atoms with Gasteiger partial charge in [0.2, 0.25) is 0 Å². The summed E-state index contributed by atoms with van der Waals surface area (Å²) in [6.45, 7) is 24.0. The van der Waals surface area contributed by atoms with Crippen molar-refractivity contribution in [2.75, 3.05) is 0 Å². The molecule has 0 saturated heterocycles. The van der Waals surface area contributed by atoms with Crippen LogP contribution in [0.5, 0.6) is 0 Å². The van der Waals surface area contributed by atoms with Gasteiger partial charge < -0.3 is 19.9 Å². The molecule has 0 aromatic rings. The standard InChI is InChI=1S/C28H51NO6/c1-14-17(4)28(12,13)24(31)23(30)19(6)18(5)21(8)34-25(32)20(7)22(15-16(2)3)29-26(33)35-27(9,10)11/h16-17,20-23,30H,14-15H2,1-13H3,(H,29,33)/b19-18+/t17-,20?,21-,22-,23+/m0/s1. The van der Waals surface area contributed by atoms with Crippen LogP contribution in [0, 0.1) is 23.2 Å². The van der Waals surface area contributed by atoms with Gasteiger partial charge in [-0.3, -0.25) is 9.59 Å². The van der Waals surface area contributed by atoms with Crippen LogP contribution < -0.4 is 5.32 Å². The van der Waals surface area contributed by atoms with E-state index in [-0.39, 0.29) is 17.6 Å². The van der Waals surface area contributed by atoms with E-state index >= 15 is 0 Å². The highest BCUT2D eigenvalue weighted by atomic mass is 16.6. The number of Topliss-reactive ketones (excluding diaryl/α,β-unsaturated/α-hetero) is 1. The van der Waals surface area contributed by atoms with Gasteiger partial charge in [0.1, 0.15) is 17.8 Å². The van der Waals surface area contributed by atoms with Crippen molar-refractivity contribution in [3.63, 3.8) is 0 Å². The molecular formula is C28H51NO6. The van der Waals surface area contributed by atoms with Crippen molar-refractivity contribution in [2.45, 2.75) is 127 Å². The molecule has 1 unspecified atom stereocenters. The van der Waals surface area contributed by atoms with Gasteiger partial charge >= 0.3 is 12.1 Å². The minimum absolute atomic E-state index is 0.115. The topological polar surface area (TPSA) is 102 Å². The van der Waals surface area contributed by atoms with Crippen molar-refractivity contribution in [3.05, 3.63) is 11.1 Å². The molecule has 0 saturated carbocycles. The van der Waals surface area contributed by atoms with Gasteiger partial charge in [0.15, 0.2) is 5.78 Å². The Morgan fingerprint density at radius 2 is 1.43 bits per heavy atom. The van der Waals surface area contributed by atoms with Crippen LogP contribution in [0.2, 0.25) is 0 Å². The van der Waals surface area contributed by atoms with Crippen LogP contribution in [-0.2, 0) is 19.1 Å². The quantitative estimate of drug-likeness (QED) is 0.260. The van der Waals surface area contributed by atoms with Gasteiger partial charge in [-0.1, -0.05) is 48.0 Å². The largest absolute Gasteiger partial charge is 0.458 e. The first kappa shape index (κ1) is 33.1. The molecule has 5 atom stereocenters. The van der Waals surface area contributed by atoms with Crippen LogP contribution in [0.4, 0.5) is 4.79 Å². The fourth-order valence-corrected chi connectivity index (χ4v) is 3.73. The van der Waals surface area contributed by atoms with Crippen molar-refractivity contribution in [2.24, 2.45) is 23.2 Å². The van der Waals surface area contributed by atoms with Crippen LogP contribution in [0.25, 0.3) is 0 Å². The summed E-state index contributed by atoms with van der Waals surface area (Å²) in [6, 6.07) is -0.460. The number of esters is 1. The van der Waals surface area contributed by atoms with E-state index in [2.05, 4.69) is 5.32 Å². The average molecular weight is 498 g/mol. The molecule has 0 rings (SSSR count). The molecule has 0 aromatic heterocycles. The number of aliphatic hydroxyl groups excluding tert-OH is 1. The fourth-order valence-electron chi connectivity index (χ4n) is 3.73. The molecule has 0 aliphatic carbocycles. The number of alkyl carbamates (subject to hydrolysis) is 1. The van der Waals surface area contributed by atoms with Gasteiger partial charge in [-0.15, -0.1) is 0 Å². The number of ketones is 1. The van der Waals surface area contributed by atoms with Crippen LogP contribution in [0.3, 0.4) is 0 Å². The number of hydrogen-bond acceptors (Lipinski definition) is 6. The van der Waals surface area contributed by atoms with Crippen molar-refractivity contribution >= 4 is 17.8 Å². The number of nitrogens with one attached hydrogen (secondary N) is 1. The SMILES string of the molecule is CC[C@H](C)C(C)(C)C(=O)[C@H](O)/C(C)=C(\C)[C@H](C)OC(=O)C(C)[C@H](CC(C)C)NC(=O)OC(C)(C)C. The van der Waals surface area contributed by atoms with Gasteiger partial charge in [-0.2, -0.15) is 0 Å². The van der Waals surface area contributed by atoms with Gasteiger partial charge in [0.25, 0.3) is 0 Å². The number of rotatable bonds is 12. The molecular weight excluding hydrogens is 446 g/mol. The Kier molecular flexibility index (Phi) is 12.7. The lowest BCUT2D eigenvalue weighted by Crippen LogP contribution is -2.46. The molecule has 0 radical (unpaired) electrons. The Hall–Kier alpha value is -1.89. The van der Waals surface area contributed by atoms with Crippen molar-refractivity contribution in [1.29, 1.82) is 0 Å². The first-order chi connectivity index (χ1) is 15.8. The van der Waals surface area contributed by atoms with E-state index in [1.54, 1.807) is 48.5 Å². The van der Waals surface area contributed by atoms with E-state index < -0.39 is 47.2 Å².